The SMILES string of the molecule is Cc1ccc(C(=O)OC2CCCN(C)C2)cc1.[Cl-]. The molecule has 4 heteroatoms. The summed E-state index contributed by atoms with van der Waals surface area (Å²) in [5.41, 5.74) is 1.79. The zero-order valence-electron chi connectivity index (χ0n) is 10.9. The van der Waals surface area contributed by atoms with Crippen LogP contribution >= 0.6 is 0 Å². The lowest BCUT2D eigenvalue weighted by molar-refractivity contribution is -0.0000825. The average molecular weight is 269 g/mol. The molecule has 0 bridgehead atoms. The fourth-order valence-corrected chi connectivity index (χ4v) is 2.12. The van der Waals surface area contributed by atoms with Gasteiger partial charge in [0.05, 0.1) is 5.56 Å². The third-order valence-electron chi connectivity index (χ3n) is 3.14. The number of carbonyl (C=O) groups is 1. The number of hydrogen-bond donors (Lipinski definition) is 0. The van der Waals surface area contributed by atoms with Gasteiger partial charge in [-0.05, 0) is 45.5 Å². The number of nitrogens with zero attached hydrogens (tertiary/aromatic N) is 1. The van der Waals surface area contributed by atoms with E-state index in [-0.39, 0.29) is 24.5 Å². The highest BCUT2D eigenvalue weighted by Gasteiger charge is 2.21. The lowest BCUT2D eigenvalue weighted by Gasteiger charge is -2.29. The molecule has 0 saturated carbocycles. The van der Waals surface area contributed by atoms with Crippen molar-refractivity contribution in [2.45, 2.75) is 25.9 Å². The lowest BCUT2D eigenvalue weighted by atomic mass is 10.1. The summed E-state index contributed by atoms with van der Waals surface area (Å²) in [5.74, 6) is -0.203. The summed E-state index contributed by atoms with van der Waals surface area (Å²) in [6.07, 6.45) is 2.12. The average Bonchev–Trinajstić information content (AvgIpc) is 2.29. The first kappa shape index (κ1) is 15.0. The Balaban J connectivity index is 0.00000162. The van der Waals surface area contributed by atoms with Crippen LogP contribution in [0.5, 0.6) is 0 Å². The molecule has 1 atom stereocenters. The van der Waals surface area contributed by atoms with Gasteiger partial charge >= 0.3 is 5.97 Å². The highest BCUT2D eigenvalue weighted by atomic mass is 35.5. The van der Waals surface area contributed by atoms with Gasteiger partial charge in [0.25, 0.3) is 0 Å². The van der Waals surface area contributed by atoms with Crippen molar-refractivity contribution in [2.24, 2.45) is 0 Å². The minimum atomic E-state index is -0.203. The number of likely N-dealkylation sites (tertiary alicyclic amines) is 1. The maximum atomic E-state index is 11.9. The number of aryl methyl sites for hydroxylation is 1. The Morgan fingerprint density at radius 1 is 1.33 bits per heavy atom. The van der Waals surface area contributed by atoms with Crippen molar-refractivity contribution in [1.82, 2.24) is 4.90 Å². The van der Waals surface area contributed by atoms with Crippen LogP contribution < -0.4 is 12.4 Å². The summed E-state index contributed by atoms with van der Waals surface area (Å²) in [4.78, 5) is 14.1. The van der Waals surface area contributed by atoms with E-state index in [1.807, 2.05) is 31.2 Å². The van der Waals surface area contributed by atoms with Crippen LogP contribution in [0, 0.1) is 6.92 Å². The van der Waals surface area contributed by atoms with Crippen molar-refractivity contribution in [2.75, 3.05) is 20.1 Å². The standard InChI is InChI=1S/C14H19NO2.ClH/c1-11-5-7-12(8-6-11)14(16)17-13-4-3-9-15(2)10-13;/h5-8,13H,3-4,9-10H2,1-2H3;1H/p-1. The molecule has 2 rings (SSSR count). The van der Waals surface area contributed by atoms with Crippen LogP contribution in [0.4, 0.5) is 0 Å². The summed E-state index contributed by atoms with van der Waals surface area (Å²) in [5, 5.41) is 0. The topological polar surface area (TPSA) is 29.5 Å². The van der Waals surface area contributed by atoms with Gasteiger partial charge in [0.1, 0.15) is 6.10 Å². The second kappa shape index (κ2) is 6.76. The monoisotopic (exact) mass is 268 g/mol. The summed E-state index contributed by atoms with van der Waals surface area (Å²) >= 11 is 0. The zero-order valence-corrected chi connectivity index (χ0v) is 11.6. The first-order valence-electron chi connectivity index (χ1n) is 6.11. The molecule has 1 heterocycles. The van der Waals surface area contributed by atoms with E-state index in [1.54, 1.807) is 0 Å². The van der Waals surface area contributed by atoms with Crippen LogP contribution in [0.15, 0.2) is 24.3 Å². The van der Waals surface area contributed by atoms with Gasteiger partial charge in [-0.15, -0.1) is 0 Å². The molecule has 1 saturated heterocycles. The van der Waals surface area contributed by atoms with E-state index in [1.165, 1.54) is 0 Å². The summed E-state index contributed by atoms with van der Waals surface area (Å²) in [6, 6.07) is 7.52. The van der Waals surface area contributed by atoms with Gasteiger partial charge in [-0.2, -0.15) is 0 Å². The molecule has 1 aliphatic heterocycles. The van der Waals surface area contributed by atoms with Crippen molar-refractivity contribution in [3.63, 3.8) is 0 Å². The molecule has 0 amide bonds. The normalized spacial score (nSPS) is 20.0. The van der Waals surface area contributed by atoms with Crippen LogP contribution in [-0.4, -0.2) is 37.1 Å². The predicted octanol–water partition coefficient (Wildman–Crippen LogP) is -0.750. The molecule has 0 spiro atoms. The maximum Gasteiger partial charge on any atom is 0.338 e. The first-order chi connectivity index (χ1) is 8.15. The van der Waals surface area contributed by atoms with Crippen LogP contribution in [0.1, 0.15) is 28.8 Å². The van der Waals surface area contributed by atoms with Gasteiger partial charge in [0.15, 0.2) is 0 Å². The molecule has 0 N–H and O–H groups in total. The molecular weight excluding hydrogens is 250 g/mol. The fourth-order valence-electron chi connectivity index (χ4n) is 2.12. The summed E-state index contributed by atoms with van der Waals surface area (Å²) < 4.78 is 5.51. The van der Waals surface area contributed by atoms with Crippen LogP contribution in [-0.2, 0) is 4.74 Å². The molecule has 100 valence electrons. The molecule has 1 fully saturated rings. The third kappa shape index (κ3) is 4.00. The smallest absolute Gasteiger partial charge is 0.338 e. The van der Waals surface area contributed by atoms with E-state index in [4.69, 9.17) is 4.74 Å². The van der Waals surface area contributed by atoms with Crippen molar-refractivity contribution in [3.05, 3.63) is 35.4 Å². The van der Waals surface area contributed by atoms with Gasteiger partial charge in [0.2, 0.25) is 0 Å². The number of piperidine rings is 1. The molecule has 3 nitrogen and oxygen atoms in total. The number of ether oxygens (including phenoxy) is 1. The van der Waals surface area contributed by atoms with Crippen molar-refractivity contribution in [3.8, 4) is 0 Å². The molecule has 0 aromatic heterocycles. The molecule has 1 aromatic carbocycles. The summed E-state index contributed by atoms with van der Waals surface area (Å²) in [7, 11) is 2.06. The van der Waals surface area contributed by atoms with Crippen LogP contribution in [0.2, 0.25) is 0 Å². The van der Waals surface area contributed by atoms with E-state index in [0.29, 0.717) is 5.56 Å². The minimum absolute atomic E-state index is 0. The number of carbonyl (C=O) groups excluding carboxylic acids is 1. The minimum Gasteiger partial charge on any atom is -1.00 e. The van der Waals surface area contributed by atoms with Crippen LogP contribution in [0.3, 0.4) is 0 Å². The molecule has 1 aliphatic rings. The van der Waals surface area contributed by atoms with Crippen molar-refractivity contribution < 1.29 is 21.9 Å². The Labute approximate surface area is 115 Å². The van der Waals surface area contributed by atoms with Crippen LogP contribution in [0.25, 0.3) is 0 Å². The van der Waals surface area contributed by atoms with Gasteiger partial charge in [-0.3, -0.25) is 0 Å². The quantitative estimate of drug-likeness (QED) is 0.661. The number of likely N-dealkylation sites (N-methyl/N-ethyl adjacent to an activating group) is 1. The summed E-state index contributed by atoms with van der Waals surface area (Å²) in [6.45, 7) is 3.95. The van der Waals surface area contributed by atoms with E-state index < -0.39 is 0 Å². The van der Waals surface area contributed by atoms with Crippen molar-refractivity contribution >= 4 is 5.97 Å². The molecule has 0 aliphatic carbocycles. The number of esters is 1. The number of hydrogen-bond acceptors (Lipinski definition) is 3. The zero-order chi connectivity index (χ0) is 12.3. The van der Waals surface area contributed by atoms with E-state index >= 15 is 0 Å². The van der Waals surface area contributed by atoms with Gasteiger partial charge in [-0.1, -0.05) is 17.7 Å². The Morgan fingerprint density at radius 3 is 2.61 bits per heavy atom. The van der Waals surface area contributed by atoms with E-state index in [0.717, 1.165) is 31.5 Å². The van der Waals surface area contributed by atoms with Crippen molar-refractivity contribution in [1.29, 1.82) is 0 Å². The Kier molecular flexibility index (Phi) is 5.63. The second-order valence-electron chi connectivity index (χ2n) is 4.80. The van der Waals surface area contributed by atoms with Gasteiger partial charge in [-0.25, -0.2) is 4.79 Å². The Hall–Kier alpha value is -1.06. The highest BCUT2D eigenvalue weighted by Crippen LogP contribution is 2.14. The number of rotatable bonds is 2. The molecule has 1 aromatic rings. The number of halogens is 1. The molecule has 1 unspecified atom stereocenters. The predicted molar refractivity (Wildman–Crippen MR) is 67.1 cm³/mol. The molecular formula is C14H19ClNO2-. The van der Waals surface area contributed by atoms with E-state index in [2.05, 4.69) is 11.9 Å². The first-order valence-corrected chi connectivity index (χ1v) is 6.11. The maximum absolute atomic E-state index is 11.9. The van der Waals surface area contributed by atoms with E-state index in [9.17, 15) is 4.79 Å². The Bertz CT molecular complexity index is 391. The molecule has 0 radical (unpaired) electrons. The molecule has 18 heavy (non-hydrogen) atoms. The second-order valence-corrected chi connectivity index (χ2v) is 4.80. The lowest BCUT2D eigenvalue weighted by Crippen LogP contribution is -3.00. The van der Waals surface area contributed by atoms with Gasteiger partial charge < -0.3 is 22.0 Å². The number of benzene rings is 1. The highest BCUT2D eigenvalue weighted by molar-refractivity contribution is 5.89. The Morgan fingerprint density at radius 2 is 2.00 bits per heavy atom. The largest absolute Gasteiger partial charge is 1.00 e. The fraction of sp³-hybridized carbons (Fsp3) is 0.500. The third-order valence-corrected chi connectivity index (χ3v) is 3.14. The van der Waals surface area contributed by atoms with Gasteiger partial charge in [0, 0.05) is 6.54 Å².